The minimum Gasteiger partial charge on any atom is -0.344 e. The molecule has 4 rings (SSSR count). The zero-order valence-corrected chi connectivity index (χ0v) is 16.9. The van der Waals surface area contributed by atoms with Crippen LogP contribution < -0.4 is 10.6 Å². The van der Waals surface area contributed by atoms with Gasteiger partial charge in [0.05, 0.1) is 12.1 Å². The minimum absolute atomic E-state index is 0. The van der Waals surface area contributed by atoms with Crippen molar-refractivity contribution in [3.05, 3.63) is 71.0 Å². The first kappa shape index (κ1) is 22.6. The van der Waals surface area contributed by atoms with Crippen LogP contribution in [0.1, 0.15) is 47.9 Å². The molecule has 2 aromatic rings. The molecule has 1 aliphatic carbocycles. The van der Waals surface area contributed by atoms with Gasteiger partial charge in [0.2, 0.25) is 11.8 Å². The topological polar surface area (TPSA) is 41.1 Å². The molecule has 1 aliphatic heterocycles. The smallest absolute Gasteiger partial charge is 0.249 e. The van der Waals surface area contributed by atoms with Crippen molar-refractivity contribution in [3.8, 4) is 0 Å². The highest BCUT2D eigenvalue weighted by molar-refractivity contribution is 5.85. The molecule has 1 saturated carbocycles. The first-order valence-corrected chi connectivity index (χ1v) is 9.72. The second-order valence-corrected chi connectivity index (χ2v) is 7.89. The molecule has 2 aliphatic rings. The largest absolute Gasteiger partial charge is 0.344 e. The summed E-state index contributed by atoms with van der Waals surface area (Å²) in [6.45, 7) is 0.128. The molecule has 3 nitrogen and oxygen atoms in total. The zero-order valence-electron chi connectivity index (χ0n) is 16.1. The van der Waals surface area contributed by atoms with Gasteiger partial charge in [-0.05, 0) is 28.7 Å². The Hall–Kier alpha value is -2.12. The number of carbonyl (C=O) groups is 1. The Balaban J connectivity index is 0.00000256. The van der Waals surface area contributed by atoms with Gasteiger partial charge in [-0.1, -0.05) is 42.5 Å². The number of benzene rings is 2. The number of amides is 1. The molecule has 3 unspecified atom stereocenters. The summed E-state index contributed by atoms with van der Waals surface area (Å²) in [4.78, 5) is 12.6. The lowest BCUT2D eigenvalue weighted by Crippen LogP contribution is -2.42. The highest BCUT2D eigenvalue weighted by atomic mass is 35.5. The Labute approximate surface area is 178 Å². The first-order valence-electron chi connectivity index (χ1n) is 9.72. The quantitative estimate of drug-likeness (QED) is 0.661. The predicted molar refractivity (Wildman–Crippen MR) is 108 cm³/mol. The number of rotatable bonds is 5. The number of carbonyl (C=O) groups excluding carboxylic acids is 1. The third kappa shape index (κ3) is 4.78. The molecule has 1 heterocycles. The van der Waals surface area contributed by atoms with Crippen LogP contribution in [0, 0.1) is 5.82 Å². The van der Waals surface area contributed by atoms with E-state index in [0.29, 0.717) is 5.56 Å². The van der Waals surface area contributed by atoms with E-state index in [2.05, 4.69) is 10.6 Å². The molecule has 1 amide bonds. The molecule has 8 heteroatoms. The number of halogens is 5. The van der Waals surface area contributed by atoms with Crippen LogP contribution in [-0.2, 0) is 4.79 Å². The summed E-state index contributed by atoms with van der Waals surface area (Å²) in [6.07, 6.45) is -1.67. The highest BCUT2D eigenvalue weighted by Crippen LogP contribution is 2.49. The monoisotopic (exact) mass is 442 g/mol. The van der Waals surface area contributed by atoms with E-state index in [-0.39, 0.29) is 49.7 Å². The van der Waals surface area contributed by atoms with E-state index in [0.717, 1.165) is 5.56 Å². The second-order valence-electron chi connectivity index (χ2n) is 7.89. The van der Waals surface area contributed by atoms with Gasteiger partial charge in [0.15, 0.2) is 0 Å². The van der Waals surface area contributed by atoms with Gasteiger partial charge in [0.1, 0.15) is 12.0 Å². The summed E-state index contributed by atoms with van der Waals surface area (Å²) in [7, 11) is 0. The van der Waals surface area contributed by atoms with E-state index in [4.69, 9.17) is 0 Å². The summed E-state index contributed by atoms with van der Waals surface area (Å²) in [5.74, 6) is -4.13. The van der Waals surface area contributed by atoms with Crippen molar-refractivity contribution in [2.75, 3.05) is 6.54 Å². The fourth-order valence-corrected chi connectivity index (χ4v) is 4.07. The average Bonchev–Trinajstić information content (AvgIpc) is 3.11. The van der Waals surface area contributed by atoms with Crippen molar-refractivity contribution >= 4 is 18.3 Å². The number of nitrogens with one attached hydrogen (secondary N) is 2. The molecule has 0 spiro atoms. The van der Waals surface area contributed by atoms with Crippen LogP contribution in [0.5, 0.6) is 0 Å². The molecule has 0 radical (unpaired) electrons. The SMILES string of the molecule is Cl.O=C(NC(c1ccccc1)c1ccc(C2CC(F)(F)C2)c(F)c1)C1CC(F)CN1. The summed E-state index contributed by atoms with van der Waals surface area (Å²) in [5, 5.41) is 5.71. The molecule has 162 valence electrons. The highest BCUT2D eigenvalue weighted by Gasteiger charge is 2.46. The normalized spacial score (nSPS) is 23.9. The van der Waals surface area contributed by atoms with Gasteiger partial charge in [0, 0.05) is 25.8 Å². The zero-order chi connectivity index (χ0) is 20.6. The van der Waals surface area contributed by atoms with Gasteiger partial charge >= 0.3 is 0 Å². The van der Waals surface area contributed by atoms with Crippen LogP contribution in [-0.4, -0.2) is 30.6 Å². The third-order valence-corrected chi connectivity index (χ3v) is 5.70. The Morgan fingerprint density at radius 1 is 1.10 bits per heavy atom. The van der Waals surface area contributed by atoms with Crippen molar-refractivity contribution in [2.45, 2.75) is 49.4 Å². The van der Waals surface area contributed by atoms with Gasteiger partial charge in [0.25, 0.3) is 0 Å². The molecule has 0 aromatic heterocycles. The number of hydrogen-bond acceptors (Lipinski definition) is 2. The van der Waals surface area contributed by atoms with E-state index >= 15 is 0 Å². The standard InChI is InChI=1S/C22H22F4N2O.ClH/c23-16-9-19(27-12-16)21(29)28-20(13-4-2-1-3-5-13)14-6-7-17(18(24)8-14)15-10-22(25,26)11-15;/h1-8,15-16,19-20,27H,9-12H2,(H,28,29);1H. The number of hydrogen-bond donors (Lipinski definition) is 2. The average molecular weight is 443 g/mol. The van der Waals surface area contributed by atoms with Crippen LogP contribution in [0.15, 0.2) is 48.5 Å². The van der Waals surface area contributed by atoms with Crippen LogP contribution >= 0.6 is 12.4 Å². The van der Waals surface area contributed by atoms with E-state index in [1.807, 2.05) is 18.2 Å². The third-order valence-electron chi connectivity index (χ3n) is 5.70. The predicted octanol–water partition coefficient (Wildman–Crippen LogP) is 4.67. The molecule has 0 bridgehead atoms. The summed E-state index contributed by atoms with van der Waals surface area (Å²) in [5.41, 5.74) is 1.53. The maximum absolute atomic E-state index is 14.7. The van der Waals surface area contributed by atoms with E-state index < -0.39 is 35.9 Å². The fraction of sp³-hybridized carbons (Fsp3) is 0.409. The van der Waals surface area contributed by atoms with E-state index in [9.17, 15) is 22.4 Å². The molecular formula is C22H23ClF4N2O. The van der Waals surface area contributed by atoms with Crippen LogP contribution in [0.4, 0.5) is 17.6 Å². The minimum atomic E-state index is -2.72. The lowest BCUT2D eigenvalue weighted by molar-refractivity contribution is -0.123. The van der Waals surface area contributed by atoms with E-state index in [1.54, 1.807) is 18.2 Å². The van der Waals surface area contributed by atoms with Crippen molar-refractivity contribution in [2.24, 2.45) is 0 Å². The maximum Gasteiger partial charge on any atom is 0.249 e. The molecule has 3 atom stereocenters. The molecule has 1 saturated heterocycles. The van der Waals surface area contributed by atoms with E-state index in [1.165, 1.54) is 12.1 Å². The Kier molecular flexibility index (Phi) is 6.72. The summed E-state index contributed by atoms with van der Waals surface area (Å²) >= 11 is 0. The maximum atomic E-state index is 14.7. The Bertz CT molecular complexity index is 888. The fourth-order valence-electron chi connectivity index (χ4n) is 4.07. The Morgan fingerprint density at radius 3 is 2.37 bits per heavy atom. The summed E-state index contributed by atoms with van der Waals surface area (Å²) in [6, 6.07) is 12.3. The molecule has 30 heavy (non-hydrogen) atoms. The van der Waals surface area contributed by atoms with Crippen LogP contribution in [0.3, 0.4) is 0 Å². The molecule has 2 fully saturated rings. The van der Waals surface area contributed by atoms with Crippen molar-refractivity contribution in [1.82, 2.24) is 10.6 Å². The first-order chi connectivity index (χ1) is 13.8. The van der Waals surface area contributed by atoms with Crippen LogP contribution in [0.2, 0.25) is 0 Å². The van der Waals surface area contributed by atoms with Gasteiger partial charge in [-0.3, -0.25) is 4.79 Å². The Morgan fingerprint density at radius 2 is 1.80 bits per heavy atom. The summed E-state index contributed by atoms with van der Waals surface area (Å²) < 4.78 is 54.5. The van der Waals surface area contributed by atoms with Crippen molar-refractivity contribution < 1.29 is 22.4 Å². The molecule has 2 aromatic carbocycles. The molecular weight excluding hydrogens is 420 g/mol. The lowest BCUT2D eigenvalue weighted by atomic mass is 9.76. The van der Waals surface area contributed by atoms with Gasteiger partial charge in [-0.15, -0.1) is 12.4 Å². The van der Waals surface area contributed by atoms with Gasteiger partial charge in [-0.25, -0.2) is 17.6 Å². The number of alkyl halides is 3. The van der Waals surface area contributed by atoms with Crippen LogP contribution in [0.25, 0.3) is 0 Å². The molecule has 2 N–H and O–H groups in total. The van der Waals surface area contributed by atoms with Crippen molar-refractivity contribution in [3.63, 3.8) is 0 Å². The van der Waals surface area contributed by atoms with Crippen molar-refractivity contribution in [1.29, 1.82) is 0 Å². The van der Waals surface area contributed by atoms with Gasteiger partial charge in [-0.2, -0.15) is 0 Å². The second kappa shape index (κ2) is 8.94. The van der Waals surface area contributed by atoms with Gasteiger partial charge < -0.3 is 10.6 Å². The lowest BCUT2D eigenvalue weighted by Gasteiger charge is -2.35.